The van der Waals surface area contributed by atoms with Crippen molar-refractivity contribution in [3.8, 4) is 0 Å². The molecule has 1 N–H and O–H groups in total. The minimum absolute atomic E-state index is 0.130. The van der Waals surface area contributed by atoms with Crippen LogP contribution in [0.2, 0.25) is 0 Å². The normalized spacial score (nSPS) is 16.9. The number of hydrogen-bond acceptors (Lipinski definition) is 5. The standard InChI is InChI=1S/C23H44N2O5S/c1-22(2)23(26)30-20-12-10-8-6-4-5-7-9-11-14-24-15-18-25(3,19-16-24)17-13-21-31(27,28)29/h1,4-21H2,2-3H3/p+1. The summed E-state index contributed by atoms with van der Waals surface area (Å²) in [5.41, 5.74) is 0.465. The molecule has 7 nitrogen and oxygen atoms in total. The number of likely N-dealkylation sites (N-methyl/N-ethyl adjacent to an activating group) is 1. The van der Waals surface area contributed by atoms with Crippen molar-refractivity contribution < 1.29 is 27.0 Å². The zero-order chi connectivity index (χ0) is 23.2. The monoisotopic (exact) mass is 461 g/mol. The summed E-state index contributed by atoms with van der Waals surface area (Å²) in [7, 11) is -1.65. The van der Waals surface area contributed by atoms with E-state index in [1.54, 1.807) is 6.92 Å². The third-order valence-corrected chi connectivity index (χ3v) is 7.02. The first-order valence-corrected chi connectivity index (χ1v) is 13.6. The predicted octanol–water partition coefficient (Wildman–Crippen LogP) is 3.66. The van der Waals surface area contributed by atoms with Crippen molar-refractivity contribution in [2.75, 3.05) is 58.7 Å². The lowest BCUT2D eigenvalue weighted by atomic mass is 10.1. The van der Waals surface area contributed by atoms with Crippen molar-refractivity contribution in [2.45, 2.75) is 71.1 Å². The molecule has 1 fully saturated rings. The highest BCUT2D eigenvalue weighted by molar-refractivity contribution is 7.85. The summed E-state index contributed by atoms with van der Waals surface area (Å²) in [6.45, 7) is 12.0. The molecule has 0 aromatic carbocycles. The molecule has 0 saturated carbocycles. The van der Waals surface area contributed by atoms with E-state index < -0.39 is 10.1 Å². The summed E-state index contributed by atoms with van der Waals surface area (Å²) < 4.78 is 36.6. The largest absolute Gasteiger partial charge is 0.462 e. The van der Waals surface area contributed by atoms with Gasteiger partial charge in [0.15, 0.2) is 0 Å². The Morgan fingerprint density at radius 3 is 2.00 bits per heavy atom. The van der Waals surface area contributed by atoms with Gasteiger partial charge < -0.3 is 9.22 Å². The van der Waals surface area contributed by atoms with Crippen LogP contribution in [-0.4, -0.2) is 87.0 Å². The Hall–Kier alpha value is -0.960. The van der Waals surface area contributed by atoms with Crippen LogP contribution in [0.5, 0.6) is 0 Å². The maximum absolute atomic E-state index is 11.2. The predicted molar refractivity (Wildman–Crippen MR) is 126 cm³/mol. The van der Waals surface area contributed by atoms with Crippen LogP contribution < -0.4 is 0 Å². The molecule has 1 heterocycles. The van der Waals surface area contributed by atoms with Gasteiger partial charge in [0.1, 0.15) is 0 Å². The van der Waals surface area contributed by atoms with Gasteiger partial charge in [0.2, 0.25) is 0 Å². The van der Waals surface area contributed by atoms with Gasteiger partial charge in [-0.25, -0.2) is 4.79 Å². The SMILES string of the molecule is C=C(C)C(=O)OCCCCCCCCCCCN1CC[N+](C)(CCCS(=O)(=O)O)CC1. The lowest BCUT2D eigenvalue weighted by molar-refractivity contribution is -0.913. The van der Waals surface area contributed by atoms with Gasteiger partial charge in [-0.05, 0) is 26.3 Å². The third kappa shape index (κ3) is 14.7. The fraction of sp³-hybridized carbons (Fsp3) is 0.870. The lowest BCUT2D eigenvalue weighted by Gasteiger charge is -2.42. The molecule has 1 aliphatic heterocycles. The van der Waals surface area contributed by atoms with E-state index in [-0.39, 0.29) is 11.7 Å². The van der Waals surface area contributed by atoms with Gasteiger partial charge in [0.25, 0.3) is 10.1 Å². The van der Waals surface area contributed by atoms with Crippen LogP contribution in [0.25, 0.3) is 0 Å². The zero-order valence-corrected chi connectivity index (χ0v) is 20.6. The van der Waals surface area contributed by atoms with Gasteiger partial charge in [-0.2, -0.15) is 8.42 Å². The van der Waals surface area contributed by atoms with Gasteiger partial charge in [0, 0.05) is 25.1 Å². The van der Waals surface area contributed by atoms with Crippen LogP contribution in [0, 0.1) is 0 Å². The smallest absolute Gasteiger partial charge is 0.333 e. The first-order chi connectivity index (χ1) is 14.6. The van der Waals surface area contributed by atoms with E-state index in [9.17, 15) is 13.2 Å². The van der Waals surface area contributed by atoms with Crippen molar-refractivity contribution in [3.05, 3.63) is 12.2 Å². The van der Waals surface area contributed by atoms with E-state index in [1.165, 1.54) is 44.9 Å². The molecule has 31 heavy (non-hydrogen) atoms. The zero-order valence-electron chi connectivity index (χ0n) is 19.8. The number of ether oxygens (including phenoxy) is 1. The third-order valence-electron chi connectivity index (χ3n) is 6.21. The second-order valence-electron chi connectivity index (χ2n) is 9.37. The Balaban J connectivity index is 1.91. The molecule has 1 saturated heterocycles. The Morgan fingerprint density at radius 2 is 1.48 bits per heavy atom. The molecule has 0 spiro atoms. The molecular weight excluding hydrogens is 416 g/mol. The van der Waals surface area contributed by atoms with E-state index in [0.717, 1.165) is 56.6 Å². The maximum atomic E-state index is 11.2. The molecule has 0 amide bonds. The molecular formula is C23H45N2O5S+. The molecule has 0 radical (unpaired) electrons. The van der Waals surface area contributed by atoms with E-state index in [0.29, 0.717) is 18.6 Å². The first kappa shape index (κ1) is 28.1. The fourth-order valence-corrected chi connectivity index (χ4v) is 4.52. The Labute approximate surface area is 190 Å². The van der Waals surface area contributed by atoms with Crippen molar-refractivity contribution in [3.63, 3.8) is 0 Å². The minimum Gasteiger partial charge on any atom is -0.462 e. The molecule has 1 rings (SSSR count). The minimum atomic E-state index is -3.84. The van der Waals surface area contributed by atoms with Gasteiger partial charge >= 0.3 is 5.97 Å². The van der Waals surface area contributed by atoms with Crippen LogP contribution in [-0.2, 0) is 19.6 Å². The van der Waals surface area contributed by atoms with Crippen LogP contribution in [0.1, 0.15) is 71.1 Å². The van der Waals surface area contributed by atoms with Gasteiger partial charge in [-0.3, -0.25) is 9.45 Å². The summed E-state index contributed by atoms with van der Waals surface area (Å²) in [6, 6.07) is 0. The number of hydrogen-bond donors (Lipinski definition) is 1. The average molecular weight is 462 g/mol. The average Bonchev–Trinajstić information content (AvgIpc) is 2.69. The number of quaternary nitrogens is 1. The van der Waals surface area contributed by atoms with Crippen LogP contribution in [0.4, 0.5) is 0 Å². The van der Waals surface area contributed by atoms with Crippen molar-refractivity contribution >= 4 is 16.1 Å². The summed E-state index contributed by atoms with van der Waals surface area (Å²) in [4.78, 5) is 13.8. The van der Waals surface area contributed by atoms with E-state index in [4.69, 9.17) is 9.29 Å². The molecule has 8 heteroatoms. The number of rotatable bonds is 17. The molecule has 0 atom stereocenters. The highest BCUT2D eigenvalue weighted by atomic mass is 32.2. The highest BCUT2D eigenvalue weighted by Gasteiger charge is 2.28. The van der Waals surface area contributed by atoms with Crippen LogP contribution in [0.15, 0.2) is 12.2 Å². The number of carbonyl (C=O) groups excluding carboxylic acids is 1. The Bertz CT molecular complexity index is 628. The Kier molecular flexibility index (Phi) is 13.6. The summed E-state index contributed by atoms with van der Waals surface area (Å²) in [5.74, 6) is -0.414. The van der Waals surface area contributed by atoms with Crippen LogP contribution >= 0.6 is 0 Å². The molecule has 0 unspecified atom stereocenters. The second-order valence-corrected chi connectivity index (χ2v) is 10.9. The number of esters is 1. The van der Waals surface area contributed by atoms with E-state index in [1.807, 2.05) is 0 Å². The topological polar surface area (TPSA) is 83.9 Å². The molecule has 0 aromatic heterocycles. The van der Waals surface area contributed by atoms with E-state index >= 15 is 0 Å². The number of nitrogens with zero attached hydrogens (tertiary/aromatic N) is 2. The molecule has 182 valence electrons. The maximum Gasteiger partial charge on any atom is 0.333 e. The number of piperazine rings is 1. The lowest BCUT2D eigenvalue weighted by Crippen LogP contribution is -2.57. The molecule has 0 aromatic rings. The first-order valence-electron chi connectivity index (χ1n) is 11.9. The van der Waals surface area contributed by atoms with Crippen LogP contribution in [0.3, 0.4) is 0 Å². The Morgan fingerprint density at radius 1 is 0.968 bits per heavy atom. The van der Waals surface area contributed by atoms with Gasteiger partial charge in [0.05, 0.1) is 39.0 Å². The second kappa shape index (κ2) is 15.0. The number of carbonyl (C=O) groups is 1. The molecule has 1 aliphatic rings. The molecule has 0 aliphatic carbocycles. The summed E-state index contributed by atoms with van der Waals surface area (Å²) in [6.07, 6.45) is 11.5. The van der Waals surface area contributed by atoms with Gasteiger partial charge in [-0.15, -0.1) is 0 Å². The fourth-order valence-electron chi connectivity index (χ4n) is 4.03. The van der Waals surface area contributed by atoms with E-state index in [2.05, 4.69) is 18.5 Å². The summed E-state index contributed by atoms with van der Waals surface area (Å²) >= 11 is 0. The quantitative estimate of drug-likeness (QED) is 0.117. The highest BCUT2D eigenvalue weighted by Crippen LogP contribution is 2.14. The van der Waals surface area contributed by atoms with Crippen molar-refractivity contribution in [1.82, 2.24) is 4.90 Å². The van der Waals surface area contributed by atoms with Crippen molar-refractivity contribution in [1.29, 1.82) is 0 Å². The summed E-state index contributed by atoms with van der Waals surface area (Å²) in [5, 5.41) is 0. The number of unbranched alkanes of at least 4 members (excludes halogenated alkanes) is 8. The molecule has 0 bridgehead atoms. The van der Waals surface area contributed by atoms with Crippen molar-refractivity contribution in [2.24, 2.45) is 0 Å². The van der Waals surface area contributed by atoms with Gasteiger partial charge in [-0.1, -0.05) is 51.5 Å².